The molecule has 0 aliphatic heterocycles. The van der Waals surface area contributed by atoms with Crippen molar-refractivity contribution in [3.63, 3.8) is 0 Å². The van der Waals surface area contributed by atoms with Gasteiger partial charge in [0.15, 0.2) is 0 Å². The van der Waals surface area contributed by atoms with Crippen molar-refractivity contribution in [1.29, 1.82) is 0 Å². The lowest BCUT2D eigenvalue weighted by Crippen LogP contribution is -2.28. The molecule has 2 unspecified atom stereocenters. The van der Waals surface area contributed by atoms with Gasteiger partial charge >= 0.3 is 0 Å². The summed E-state index contributed by atoms with van der Waals surface area (Å²) in [5.41, 5.74) is 0.784. The number of aliphatic hydroxyl groups is 1. The molecule has 1 rings (SSSR count). The fourth-order valence-corrected chi connectivity index (χ4v) is 1.24. The van der Waals surface area contributed by atoms with Gasteiger partial charge in [-0.25, -0.2) is 0 Å². The van der Waals surface area contributed by atoms with Crippen molar-refractivity contribution < 1.29 is 9.84 Å². The average molecular weight is 199 g/mol. The third-order valence-electron chi connectivity index (χ3n) is 2.04. The topological polar surface area (TPSA) is 60.2 Å². The quantitative estimate of drug-likeness (QED) is 0.733. The van der Waals surface area contributed by atoms with E-state index in [0.29, 0.717) is 13.0 Å². The number of aliphatic hydroxyl groups excluding tert-OH is 1. The Morgan fingerprint density at radius 3 is 2.86 bits per heavy atom. The molecule has 1 aromatic rings. The molecule has 0 fully saturated rings. The molecule has 0 amide bonds. The van der Waals surface area contributed by atoms with E-state index in [9.17, 15) is 5.11 Å². The van der Waals surface area contributed by atoms with Crippen molar-refractivity contribution >= 4 is 0 Å². The number of aryl methyl sites for hydroxylation is 1. The summed E-state index contributed by atoms with van der Waals surface area (Å²) in [4.78, 5) is 0. The molecule has 80 valence electrons. The third-order valence-corrected chi connectivity index (χ3v) is 2.04. The van der Waals surface area contributed by atoms with Crippen LogP contribution in [-0.2, 0) is 18.2 Å². The Bertz CT molecular complexity index is 275. The molecule has 0 radical (unpaired) electrons. The first-order chi connectivity index (χ1) is 6.63. The summed E-state index contributed by atoms with van der Waals surface area (Å²) in [5.74, 6) is 0. The zero-order valence-corrected chi connectivity index (χ0v) is 8.84. The first kappa shape index (κ1) is 11.1. The molecule has 1 heterocycles. The molecule has 0 aromatic carbocycles. The van der Waals surface area contributed by atoms with Crippen molar-refractivity contribution in [2.45, 2.75) is 32.5 Å². The van der Waals surface area contributed by atoms with Gasteiger partial charge in [0.2, 0.25) is 0 Å². The van der Waals surface area contributed by atoms with Gasteiger partial charge < -0.3 is 9.84 Å². The summed E-state index contributed by atoms with van der Waals surface area (Å²) in [7, 11) is 1.80. The van der Waals surface area contributed by atoms with Crippen LogP contribution in [0.4, 0.5) is 0 Å². The van der Waals surface area contributed by atoms with Crippen LogP contribution in [0.15, 0.2) is 6.20 Å². The molecule has 2 atom stereocenters. The summed E-state index contributed by atoms with van der Waals surface area (Å²) < 4.78 is 6.90. The molecule has 5 heteroatoms. The van der Waals surface area contributed by atoms with E-state index in [4.69, 9.17) is 4.74 Å². The van der Waals surface area contributed by atoms with Crippen molar-refractivity contribution in [3.8, 4) is 0 Å². The minimum atomic E-state index is -0.522. The lowest BCUT2D eigenvalue weighted by molar-refractivity contribution is -0.0212. The van der Waals surface area contributed by atoms with Gasteiger partial charge in [-0.15, -0.1) is 5.10 Å². The second-order valence-electron chi connectivity index (χ2n) is 3.32. The van der Waals surface area contributed by atoms with E-state index < -0.39 is 6.10 Å². The minimum Gasteiger partial charge on any atom is -0.390 e. The molecule has 0 bridgehead atoms. The number of aromatic nitrogens is 3. The van der Waals surface area contributed by atoms with Crippen LogP contribution in [-0.4, -0.2) is 38.9 Å². The molecular weight excluding hydrogens is 182 g/mol. The van der Waals surface area contributed by atoms with Crippen LogP contribution in [0, 0.1) is 0 Å². The van der Waals surface area contributed by atoms with E-state index >= 15 is 0 Å². The van der Waals surface area contributed by atoms with E-state index in [0.717, 1.165) is 5.69 Å². The second kappa shape index (κ2) is 5.07. The van der Waals surface area contributed by atoms with Gasteiger partial charge in [-0.2, -0.15) is 0 Å². The predicted molar refractivity (Wildman–Crippen MR) is 51.8 cm³/mol. The van der Waals surface area contributed by atoms with Crippen LogP contribution in [0.3, 0.4) is 0 Å². The zero-order valence-electron chi connectivity index (χ0n) is 8.84. The first-order valence-electron chi connectivity index (χ1n) is 4.78. The second-order valence-corrected chi connectivity index (χ2v) is 3.32. The van der Waals surface area contributed by atoms with Gasteiger partial charge in [-0.3, -0.25) is 4.68 Å². The van der Waals surface area contributed by atoms with E-state index in [-0.39, 0.29) is 6.10 Å². The summed E-state index contributed by atoms with van der Waals surface area (Å²) in [6.07, 6.45) is 1.59. The molecule has 5 nitrogen and oxygen atoms in total. The number of ether oxygens (including phenoxy) is 1. The van der Waals surface area contributed by atoms with Gasteiger partial charge in [0.05, 0.1) is 17.9 Å². The zero-order chi connectivity index (χ0) is 10.6. The van der Waals surface area contributed by atoms with Gasteiger partial charge in [0.1, 0.15) is 0 Å². The Morgan fingerprint density at radius 1 is 1.64 bits per heavy atom. The number of nitrogens with zero attached hydrogens (tertiary/aromatic N) is 3. The number of hydrogen-bond donors (Lipinski definition) is 1. The smallest absolute Gasteiger partial charge is 0.0855 e. The first-order valence-corrected chi connectivity index (χ1v) is 4.78. The monoisotopic (exact) mass is 199 g/mol. The molecule has 1 N–H and O–H groups in total. The van der Waals surface area contributed by atoms with Crippen molar-refractivity contribution in [2.75, 3.05) is 6.61 Å². The highest BCUT2D eigenvalue weighted by Crippen LogP contribution is 2.05. The highest BCUT2D eigenvalue weighted by Gasteiger charge is 2.16. The Kier molecular flexibility index (Phi) is 4.03. The highest BCUT2D eigenvalue weighted by atomic mass is 16.5. The molecule has 0 saturated heterocycles. The standard InChI is InChI=1S/C9H17N3O2/c1-4-14-7(2)9(13)5-8-6-12(3)11-10-8/h6-7,9,13H,4-5H2,1-3H3. The largest absolute Gasteiger partial charge is 0.390 e. The lowest BCUT2D eigenvalue weighted by atomic mass is 10.1. The van der Waals surface area contributed by atoms with Crippen LogP contribution < -0.4 is 0 Å². The van der Waals surface area contributed by atoms with Gasteiger partial charge in [-0.05, 0) is 13.8 Å². The average Bonchev–Trinajstić information content (AvgIpc) is 2.51. The molecule has 0 aliphatic carbocycles. The van der Waals surface area contributed by atoms with Crippen molar-refractivity contribution in [2.24, 2.45) is 7.05 Å². The Hall–Kier alpha value is -0.940. The summed E-state index contributed by atoms with van der Waals surface area (Å²) in [6, 6.07) is 0. The number of rotatable bonds is 5. The van der Waals surface area contributed by atoms with Crippen LogP contribution in [0.1, 0.15) is 19.5 Å². The molecule has 0 saturated carbocycles. The Morgan fingerprint density at radius 2 is 2.36 bits per heavy atom. The van der Waals surface area contributed by atoms with E-state index in [1.807, 2.05) is 13.8 Å². The van der Waals surface area contributed by atoms with Gasteiger partial charge in [-0.1, -0.05) is 5.21 Å². The molecule has 14 heavy (non-hydrogen) atoms. The lowest BCUT2D eigenvalue weighted by Gasteiger charge is -2.17. The van der Waals surface area contributed by atoms with E-state index in [1.54, 1.807) is 17.9 Å². The van der Waals surface area contributed by atoms with Crippen LogP contribution in [0.2, 0.25) is 0 Å². The van der Waals surface area contributed by atoms with Crippen LogP contribution >= 0.6 is 0 Å². The normalized spacial score (nSPS) is 15.4. The predicted octanol–water partition coefficient (Wildman–Crippen LogP) is 0.143. The molecule has 0 aliphatic rings. The fourth-order valence-electron chi connectivity index (χ4n) is 1.24. The Balaban J connectivity index is 2.43. The SMILES string of the molecule is CCOC(C)C(O)Cc1cn(C)nn1. The van der Waals surface area contributed by atoms with Crippen molar-refractivity contribution in [3.05, 3.63) is 11.9 Å². The summed E-state index contributed by atoms with van der Waals surface area (Å²) in [6.45, 7) is 4.37. The Labute approximate surface area is 83.7 Å². The summed E-state index contributed by atoms with van der Waals surface area (Å²) >= 11 is 0. The maximum Gasteiger partial charge on any atom is 0.0855 e. The molecular formula is C9H17N3O2. The van der Waals surface area contributed by atoms with E-state index in [1.165, 1.54) is 0 Å². The molecule has 1 aromatic heterocycles. The van der Waals surface area contributed by atoms with Crippen LogP contribution in [0.25, 0.3) is 0 Å². The van der Waals surface area contributed by atoms with E-state index in [2.05, 4.69) is 10.3 Å². The maximum atomic E-state index is 9.71. The minimum absolute atomic E-state index is 0.165. The van der Waals surface area contributed by atoms with Crippen molar-refractivity contribution in [1.82, 2.24) is 15.0 Å². The number of hydrogen-bond acceptors (Lipinski definition) is 4. The third kappa shape index (κ3) is 3.08. The highest BCUT2D eigenvalue weighted by molar-refractivity contribution is 4.95. The van der Waals surface area contributed by atoms with Gasteiger partial charge in [0.25, 0.3) is 0 Å². The van der Waals surface area contributed by atoms with Gasteiger partial charge in [0, 0.05) is 26.3 Å². The van der Waals surface area contributed by atoms with Crippen LogP contribution in [0.5, 0.6) is 0 Å². The summed E-state index contributed by atoms with van der Waals surface area (Å²) in [5, 5.41) is 17.4. The molecule has 0 spiro atoms. The fraction of sp³-hybridized carbons (Fsp3) is 0.778. The maximum absolute atomic E-state index is 9.71.